The van der Waals surface area contributed by atoms with Gasteiger partial charge < -0.3 is 5.32 Å². The Morgan fingerprint density at radius 2 is 2.05 bits per heavy atom. The molecule has 0 radical (unpaired) electrons. The van der Waals surface area contributed by atoms with E-state index in [0.717, 1.165) is 5.56 Å². The van der Waals surface area contributed by atoms with Crippen LogP contribution in [0.5, 0.6) is 0 Å². The number of carbonyl (C=O) groups excluding carboxylic acids is 1. The summed E-state index contributed by atoms with van der Waals surface area (Å²) < 4.78 is 0. The summed E-state index contributed by atoms with van der Waals surface area (Å²) in [6.45, 7) is 3.95. The fraction of sp³-hybridized carbons (Fsp3) is 0.308. The molecule has 0 bridgehead atoms. The van der Waals surface area contributed by atoms with E-state index < -0.39 is 11.6 Å². The number of amides is 1. The van der Waals surface area contributed by atoms with E-state index >= 15 is 0 Å². The van der Waals surface area contributed by atoms with Crippen molar-refractivity contribution in [3.8, 4) is 0 Å². The Kier molecular flexibility index (Phi) is 4.24. The Labute approximate surface area is 120 Å². The van der Waals surface area contributed by atoms with E-state index in [1.54, 1.807) is 6.07 Å². The molecule has 0 aliphatic heterocycles. The highest BCUT2D eigenvalue weighted by atomic mass is 35.5. The molecule has 2 aromatic rings. The quantitative estimate of drug-likeness (QED) is 0.804. The standard InChI is InChI=1S/C13H15ClN4O2/c1-7(2)10(8-5-3-4-6-9(8)14)15-12(19)11-16-13(20)18-17-11/h3-7,10H,1-2H3,(H,15,19)(H2,16,17,18,20)/t10-/m0/s1. The van der Waals surface area contributed by atoms with Gasteiger partial charge in [0.05, 0.1) is 6.04 Å². The van der Waals surface area contributed by atoms with Gasteiger partial charge in [0.25, 0.3) is 5.91 Å². The van der Waals surface area contributed by atoms with Gasteiger partial charge in [-0.3, -0.25) is 9.78 Å². The number of aromatic nitrogens is 3. The summed E-state index contributed by atoms with van der Waals surface area (Å²) in [5, 5.41) is 9.17. The van der Waals surface area contributed by atoms with Crippen molar-refractivity contribution < 1.29 is 4.79 Å². The average Bonchev–Trinajstić information content (AvgIpc) is 2.83. The number of rotatable bonds is 4. The highest BCUT2D eigenvalue weighted by molar-refractivity contribution is 6.31. The van der Waals surface area contributed by atoms with E-state index in [4.69, 9.17) is 11.6 Å². The van der Waals surface area contributed by atoms with Gasteiger partial charge in [0.2, 0.25) is 5.82 Å². The zero-order valence-electron chi connectivity index (χ0n) is 11.1. The molecule has 1 atom stereocenters. The molecule has 3 N–H and O–H groups in total. The number of H-pyrrole nitrogens is 2. The van der Waals surface area contributed by atoms with E-state index in [1.807, 2.05) is 32.0 Å². The maximum atomic E-state index is 12.1. The maximum Gasteiger partial charge on any atom is 0.341 e. The maximum absolute atomic E-state index is 12.1. The van der Waals surface area contributed by atoms with Crippen LogP contribution in [-0.4, -0.2) is 21.1 Å². The third-order valence-corrected chi connectivity index (χ3v) is 3.25. The number of nitrogens with one attached hydrogen (secondary N) is 3. The smallest absolute Gasteiger partial charge is 0.341 e. The van der Waals surface area contributed by atoms with Crippen LogP contribution in [0.2, 0.25) is 5.02 Å². The summed E-state index contributed by atoms with van der Waals surface area (Å²) >= 11 is 6.17. The van der Waals surface area contributed by atoms with Crippen molar-refractivity contribution in [2.24, 2.45) is 5.92 Å². The minimum absolute atomic E-state index is 0.0484. The number of aromatic amines is 2. The first-order chi connectivity index (χ1) is 9.49. The van der Waals surface area contributed by atoms with Crippen LogP contribution >= 0.6 is 11.6 Å². The molecule has 0 spiro atoms. The van der Waals surface area contributed by atoms with Gasteiger partial charge >= 0.3 is 5.69 Å². The number of hydrogen-bond donors (Lipinski definition) is 3. The van der Waals surface area contributed by atoms with Crippen LogP contribution in [0.3, 0.4) is 0 Å². The molecule has 0 fully saturated rings. The van der Waals surface area contributed by atoms with Gasteiger partial charge in [0.15, 0.2) is 0 Å². The average molecular weight is 295 g/mol. The Balaban J connectivity index is 2.25. The van der Waals surface area contributed by atoms with Crippen LogP contribution < -0.4 is 11.0 Å². The highest BCUT2D eigenvalue weighted by Gasteiger charge is 2.22. The molecule has 0 aliphatic carbocycles. The third-order valence-electron chi connectivity index (χ3n) is 2.91. The van der Waals surface area contributed by atoms with Gasteiger partial charge in [-0.1, -0.05) is 43.6 Å². The lowest BCUT2D eigenvalue weighted by atomic mass is 9.96. The van der Waals surface area contributed by atoms with Crippen LogP contribution in [0.15, 0.2) is 29.1 Å². The number of benzene rings is 1. The van der Waals surface area contributed by atoms with Crippen LogP contribution in [0, 0.1) is 5.92 Å². The third kappa shape index (κ3) is 3.08. The lowest BCUT2D eigenvalue weighted by Gasteiger charge is -2.23. The molecule has 0 saturated heterocycles. The lowest BCUT2D eigenvalue weighted by Crippen LogP contribution is -2.32. The Bertz CT molecular complexity index is 662. The van der Waals surface area contributed by atoms with E-state index in [0.29, 0.717) is 5.02 Å². The topological polar surface area (TPSA) is 90.6 Å². The van der Waals surface area contributed by atoms with Gasteiger partial charge in [-0.05, 0) is 17.5 Å². The first-order valence-electron chi connectivity index (χ1n) is 6.19. The fourth-order valence-corrected chi connectivity index (χ4v) is 2.17. The second kappa shape index (κ2) is 5.92. The molecule has 1 heterocycles. The first kappa shape index (κ1) is 14.3. The largest absolute Gasteiger partial charge is 0.342 e. The monoisotopic (exact) mass is 294 g/mol. The van der Waals surface area contributed by atoms with Crippen LogP contribution in [-0.2, 0) is 0 Å². The summed E-state index contributed by atoms with van der Waals surface area (Å²) in [5.41, 5.74) is 0.310. The van der Waals surface area contributed by atoms with Gasteiger partial charge in [-0.2, -0.15) is 0 Å². The van der Waals surface area contributed by atoms with Crippen LogP contribution in [0.1, 0.15) is 36.1 Å². The molecule has 7 heteroatoms. The summed E-state index contributed by atoms with van der Waals surface area (Å²) in [5.74, 6) is -0.376. The molecule has 0 saturated carbocycles. The molecule has 106 valence electrons. The summed E-state index contributed by atoms with van der Waals surface area (Å²) in [4.78, 5) is 25.3. The van der Waals surface area contributed by atoms with Gasteiger partial charge in [-0.15, -0.1) is 5.10 Å². The van der Waals surface area contributed by atoms with E-state index in [2.05, 4.69) is 20.5 Å². The second-order valence-electron chi connectivity index (χ2n) is 4.74. The van der Waals surface area contributed by atoms with Crippen molar-refractivity contribution in [1.29, 1.82) is 0 Å². The molecular formula is C13H15ClN4O2. The van der Waals surface area contributed by atoms with Gasteiger partial charge in [-0.25, -0.2) is 9.89 Å². The zero-order chi connectivity index (χ0) is 14.7. The second-order valence-corrected chi connectivity index (χ2v) is 5.15. The van der Waals surface area contributed by atoms with Crippen molar-refractivity contribution in [2.45, 2.75) is 19.9 Å². The number of carbonyl (C=O) groups is 1. The SMILES string of the molecule is CC(C)[C@H](NC(=O)c1n[nH]c(=O)[nH]1)c1ccccc1Cl. The van der Waals surface area contributed by atoms with E-state index in [1.165, 1.54) is 0 Å². The minimum Gasteiger partial charge on any atom is -0.342 e. The molecule has 0 aliphatic rings. The van der Waals surface area contributed by atoms with E-state index in [-0.39, 0.29) is 17.8 Å². The fourth-order valence-electron chi connectivity index (χ4n) is 1.92. The van der Waals surface area contributed by atoms with Crippen LogP contribution in [0.4, 0.5) is 0 Å². The normalized spacial score (nSPS) is 12.4. The summed E-state index contributed by atoms with van der Waals surface area (Å²) in [6.07, 6.45) is 0. The molecule has 1 amide bonds. The summed E-state index contributed by atoms with van der Waals surface area (Å²) in [6, 6.07) is 7.06. The molecule has 2 rings (SSSR count). The van der Waals surface area contributed by atoms with Crippen molar-refractivity contribution in [2.75, 3.05) is 0 Å². The lowest BCUT2D eigenvalue weighted by molar-refractivity contribution is 0.0915. The minimum atomic E-state index is -0.519. The van der Waals surface area contributed by atoms with Gasteiger partial charge in [0.1, 0.15) is 0 Å². The summed E-state index contributed by atoms with van der Waals surface area (Å²) in [7, 11) is 0. The predicted molar refractivity (Wildman–Crippen MR) is 75.7 cm³/mol. The molecule has 20 heavy (non-hydrogen) atoms. The van der Waals surface area contributed by atoms with Crippen molar-refractivity contribution in [3.05, 3.63) is 51.2 Å². The van der Waals surface area contributed by atoms with E-state index in [9.17, 15) is 9.59 Å². The molecule has 1 aromatic heterocycles. The first-order valence-corrected chi connectivity index (χ1v) is 6.57. The molecular weight excluding hydrogens is 280 g/mol. The molecule has 0 unspecified atom stereocenters. The number of hydrogen-bond acceptors (Lipinski definition) is 3. The van der Waals surface area contributed by atoms with Crippen molar-refractivity contribution in [3.63, 3.8) is 0 Å². The Hall–Kier alpha value is -2.08. The van der Waals surface area contributed by atoms with Crippen molar-refractivity contribution >= 4 is 17.5 Å². The Morgan fingerprint density at radius 3 is 2.60 bits per heavy atom. The van der Waals surface area contributed by atoms with Gasteiger partial charge in [0, 0.05) is 5.02 Å². The predicted octanol–water partition coefficient (Wildman–Crippen LogP) is 1.88. The van der Waals surface area contributed by atoms with Crippen LogP contribution in [0.25, 0.3) is 0 Å². The van der Waals surface area contributed by atoms with Crippen molar-refractivity contribution in [1.82, 2.24) is 20.5 Å². The zero-order valence-corrected chi connectivity index (χ0v) is 11.9. The molecule has 6 nitrogen and oxygen atoms in total. The number of nitrogens with zero attached hydrogens (tertiary/aromatic N) is 1. The Morgan fingerprint density at radius 1 is 1.35 bits per heavy atom. The molecule has 1 aromatic carbocycles. The highest BCUT2D eigenvalue weighted by Crippen LogP contribution is 2.28. The number of halogens is 1.